The van der Waals surface area contributed by atoms with E-state index >= 15 is 0 Å². The molecule has 0 aliphatic carbocycles. The van der Waals surface area contributed by atoms with E-state index in [0.717, 1.165) is 17.3 Å². The standard InChI is InChI=1S/C19H17ClN4O3S/c1-11-3-2-4-14(9-11)21-18(27)15-10-16(25)22-19(28-15)24-23-17(26)12-5-7-13(20)8-6-12/h2-9,15H,10H2,1H3,(H,21,27)(H,23,26)(H,22,24,25)/t15-/m1/s1. The predicted molar refractivity (Wildman–Crippen MR) is 110 cm³/mol. The molecule has 1 aliphatic rings. The highest BCUT2D eigenvalue weighted by Crippen LogP contribution is 2.22. The van der Waals surface area contributed by atoms with Gasteiger partial charge in [-0.05, 0) is 48.9 Å². The average Bonchev–Trinajstić information content (AvgIpc) is 2.66. The highest BCUT2D eigenvalue weighted by atomic mass is 35.5. The fraction of sp³-hybridized carbons (Fsp3) is 0.158. The van der Waals surface area contributed by atoms with Gasteiger partial charge in [-0.25, -0.2) is 5.43 Å². The summed E-state index contributed by atoms with van der Waals surface area (Å²) < 4.78 is 0. The molecular formula is C19H17ClN4O3S. The maximum Gasteiger partial charge on any atom is 0.271 e. The number of hydrogen-bond donors (Lipinski definition) is 3. The molecule has 0 aromatic heterocycles. The molecule has 9 heteroatoms. The first-order chi connectivity index (χ1) is 13.4. The Morgan fingerprint density at radius 2 is 1.96 bits per heavy atom. The Morgan fingerprint density at radius 1 is 1.21 bits per heavy atom. The second-order valence-electron chi connectivity index (χ2n) is 6.08. The van der Waals surface area contributed by atoms with E-state index < -0.39 is 11.2 Å². The molecule has 28 heavy (non-hydrogen) atoms. The second-order valence-corrected chi connectivity index (χ2v) is 7.71. The van der Waals surface area contributed by atoms with E-state index in [9.17, 15) is 14.4 Å². The molecule has 1 aliphatic heterocycles. The number of nitrogens with one attached hydrogen (secondary N) is 3. The number of amidine groups is 1. The molecule has 2 aromatic rings. The van der Waals surface area contributed by atoms with Crippen LogP contribution in [-0.4, -0.2) is 28.1 Å². The van der Waals surface area contributed by atoms with Gasteiger partial charge < -0.3 is 10.6 Å². The lowest BCUT2D eigenvalue weighted by molar-refractivity contribution is -0.123. The van der Waals surface area contributed by atoms with Gasteiger partial charge in [0.25, 0.3) is 5.91 Å². The van der Waals surface area contributed by atoms with Crippen LogP contribution in [-0.2, 0) is 9.59 Å². The number of halogens is 1. The van der Waals surface area contributed by atoms with Crippen LogP contribution in [0.2, 0.25) is 5.02 Å². The molecular weight excluding hydrogens is 400 g/mol. The summed E-state index contributed by atoms with van der Waals surface area (Å²) in [4.78, 5) is 36.5. The van der Waals surface area contributed by atoms with Crippen LogP contribution in [0.15, 0.2) is 53.6 Å². The molecule has 1 heterocycles. The number of benzene rings is 2. The number of hydrazone groups is 1. The van der Waals surface area contributed by atoms with Crippen molar-refractivity contribution in [2.45, 2.75) is 18.6 Å². The van der Waals surface area contributed by atoms with Crippen molar-refractivity contribution < 1.29 is 14.4 Å². The fourth-order valence-electron chi connectivity index (χ4n) is 2.46. The van der Waals surface area contributed by atoms with E-state index in [4.69, 9.17) is 11.6 Å². The van der Waals surface area contributed by atoms with Gasteiger partial charge in [-0.1, -0.05) is 35.5 Å². The Balaban J connectivity index is 1.63. The third kappa shape index (κ3) is 5.34. The number of rotatable bonds is 4. The number of carbonyl (C=O) groups excluding carboxylic acids is 3. The van der Waals surface area contributed by atoms with Crippen LogP contribution in [0.4, 0.5) is 5.69 Å². The first-order valence-electron chi connectivity index (χ1n) is 8.38. The van der Waals surface area contributed by atoms with Crippen LogP contribution in [0.5, 0.6) is 0 Å². The molecule has 0 saturated carbocycles. The van der Waals surface area contributed by atoms with Gasteiger partial charge in [0.15, 0.2) is 5.17 Å². The summed E-state index contributed by atoms with van der Waals surface area (Å²) in [6.45, 7) is 1.92. The highest BCUT2D eigenvalue weighted by Gasteiger charge is 2.30. The van der Waals surface area contributed by atoms with E-state index in [1.807, 2.05) is 25.1 Å². The Hall–Kier alpha value is -2.84. The zero-order chi connectivity index (χ0) is 20.1. The van der Waals surface area contributed by atoms with Crippen molar-refractivity contribution in [1.82, 2.24) is 10.7 Å². The second kappa shape index (κ2) is 8.90. The first kappa shape index (κ1) is 19.9. The largest absolute Gasteiger partial charge is 0.325 e. The van der Waals surface area contributed by atoms with Crippen LogP contribution in [0.3, 0.4) is 0 Å². The van der Waals surface area contributed by atoms with Gasteiger partial charge in [0.05, 0.1) is 0 Å². The van der Waals surface area contributed by atoms with E-state index in [1.54, 1.807) is 30.3 Å². The SMILES string of the molecule is Cc1cccc(NC(=O)[C@H]2CC(=O)N/C(=N\NC(=O)c3ccc(Cl)cc3)S2)c1. The van der Waals surface area contributed by atoms with Crippen molar-refractivity contribution in [1.29, 1.82) is 0 Å². The van der Waals surface area contributed by atoms with Crippen molar-refractivity contribution >= 4 is 51.9 Å². The van der Waals surface area contributed by atoms with E-state index in [1.165, 1.54) is 0 Å². The number of hydrogen-bond acceptors (Lipinski definition) is 5. The summed E-state index contributed by atoms with van der Waals surface area (Å²) >= 11 is 6.87. The van der Waals surface area contributed by atoms with Crippen LogP contribution < -0.4 is 16.1 Å². The quantitative estimate of drug-likeness (QED) is 0.667. The Morgan fingerprint density at radius 3 is 2.68 bits per heavy atom. The Kier molecular flexibility index (Phi) is 6.33. The number of carbonyl (C=O) groups is 3. The van der Waals surface area contributed by atoms with Crippen LogP contribution >= 0.6 is 23.4 Å². The summed E-state index contributed by atoms with van der Waals surface area (Å²) in [5.41, 5.74) is 4.41. The van der Waals surface area contributed by atoms with Gasteiger partial charge in [0.1, 0.15) is 5.25 Å². The summed E-state index contributed by atoms with van der Waals surface area (Å²) in [6.07, 6.45) is 0.0203. The van der Waals surface area contributed by atoms with Gasteiger partial charge >= 0.3 is 0 Å². The highest BCUT2D eigenvalue weighted by molar-refractivity contribution is 8.15. The summed E-state index contributed by atoms with van der Waals surface area (Å²) in [5.74, 6) is -1.10. The molecule has 1 fully saturated rings. The minimum absolute atomic E-state index is 0.0203. The van der Waals surface area contributed by atoms with E-state index in [2.05, 4.69) is 21.2 Å². The summed E-state index contributed by atoms with van der Waals surface area (Å²) in [7, 11) is 0. The number of anilines is 1. The molecule has 7 nitrogen and oxygen atoms in total. The van der Waals surface area contributed by atoms with Crippen molar-refractivity contribution in [2.24, 2.45) is 5.10 Å². The van der Waals surface area contributed by atoms with Crippen molar-refractivity contribution in [3.63, 3.8) is 0 Å². The van der Waals surface area contributed by atoms with Gasteiger partial charge in [-0.2, -0.15) is 0 Å². The van der Waals surface area contributed by atoms with Crippen LogP contribution in [0.1, 0.15) is 22.3 Å². The lowest BCUT2D eigenvalue weighted by Crippen LogP contribution is -2.42. The molecule has 3 amide bonds. The molecule has 3 rings (SSSR count). The van der Waals surface area contributed by atoms with Gasteiger partial charge in [-0.3, -0.25) is 14.4 Å². The molecule has 3 N–H and O–H groups in total. The lowest BCUT2D eigenvalue weighted by atomic mass is 10.2. The smallest absolute Gasteiger partial charge is 0.271 e. The summed E-state index contributed by atoms with van der Waals surface area (Å²) in [5, 5.41) is 9.28. The Bertz CT molecular complexity index is 946. The first-order valence-corrected chi connectivity index (χ1v) is 9.64. The molecule has 1 atom stereocenters. The Labute approximate surface area is 170 Å². The maximum absolute atomic E-state index is 12.5. The molecule has 0 spiro atoms. The molecule has 1 saturated heterocycles. The number of amides is 3. The van der Waals surface area contributed by atoms with Crippen LogP contribution in [0.25, 0.3) is 0 Å². The number of thioether (sulfide) groups is 1. The van der Waals surface area contributed by atoms with Crippen molar-refractivity contribution in [2.75, 3.05) is 5.32 Å². The zero-order valence-corrected chi connectivity index (χ0v) is 16.4. The predicted octanol–water partition coefficient (Wildman–Crippen LogP) is 2.91. The van der Waals surface area contributed by atoms with E-state index in [-0.39, 0.29) is 23.4 Å². The molecule has 2 aromatic carbocycles. The lowest BCUT2D eigenvalue weighted by Gasteiger charge is -2.22. The minimum atomic E-state index is -0.652. The minimum Gasteiger partial charge on any atom is -0.325 e. The monoisotopic (exact) mass is 416 g/mol. The maximum atomic E-state index is 12.5. The molecule has 0 unspecified atom stereocenters. The molecule has 0 radical (unpaired) electrons. The van der Waals surface area contributed by atoms with Crippen molar-refractivity contribution in [3.8, 4) is 0 Å². The van der Waals surface area contributed by atoms with Gasteiger partial charge in [-0.15, -0.1) is 5.10 Å². The molecule has 0 bridgehead atoms. The summed E-state index contributed by atoms with van der Waals surface area (Å²) in [6, 6.07) is 13.7. The zero-order valence-electron chi connectivity index (χ0n) is 14.9. The number of nitrogens with zero attached hydrogens (tertiary/aromatic N) is 1. The average molecular weight is 417 g/mol. The van der Waals surface area contributed by atoms with Gasteiger partial charge in [0.2, 0.25) is 11.8 Å². The van der Waals surface area contributed by atoms with Crippen LogP contribution in [0, 0.1) is 6.92 Å². The molecule has 144 valence electrons. The normalized spacial score (nSPS) is 17.7. The topological polar surface area (TPSA) is 99.7 Å². The van der Waals surface area contributed by atoms with E-state index in [0.29, 0.717) is 16.3 Å². The number of aryl methyl sites for hydroxylation is 1. The van der Waals surface area contributed by atoms with Gasteiger partial charge in [0, 0.05) is 22.7 Å². The fourth-order valence-corrected chi connectivity index (χ4v) is 3.53. The third-order valence-corrected chi connectivity index (χ3v) is 5.15. The van der Waals surface area contributed by atoms with Crippen molar-refractivity contribution in [3.05, 3.63) is 64.7 Å². The third-order valence-electron chi connectivity index (χ3n) is 3.81.